The maximum absolute atomic E-state index is 11.8. The molecule has 4 nitrogen and oxygen atoms in total. The largest absolute Gasteiger partial charge is 0.315 e. The van der Waals surface area contributed by atoms with Gasteiger partial charge in [0.2, 0.25) is 0 Å². The van der Waals surface area contributed by atoms with Gasteiger partial charge in [-0.3, -0.25) is 9.69 Å². The minimum Gasteiger partial charge on any atom is -0.315 e. The van der Waals surface area contributed by atoms with Crippen molar-refractivity contribution in [3.8, 4) is 0 Å². The van der Waals surface area contributed by atoms with E-state index in [0.717, 1.165) is 35.9 Å². The van der Waals surface area contributed by atoms with Crippen molar-refractivity contribution in [3.05, 3.63) is 33.4 Å². The van der Waals surface area contributed by atoms with E-state index in [1.807, 2.05) is 7.05 Å². The lowest BCUT2D eigenvalue weighted by Gasteiger charge is -2.28. The van der Waals surface area contributed by atoms with E-state index in [-0.39, 0.29) is 17.3 Å². The molecule has 1 aliphatic heterocycles. The van der Waals surface area contributed by atoms with Gasteiger partial charge in [-0.05, 0) is 43.5 Å². The summed E-state index contributed by atoms with van der Waals surface area (Å²) in [5, 5.41) is 3.48. The van der Waals surface area contributed by atoms with Crippen LogP contribution in [-0.4, -0.2) is 34.6 Å². The predicted octanol–water partition coefficient (Wildman–Crippen LogP) is 2.35. The molecule has 1 atom stereocenters. The van der Waals surface area contributed by atoms with Crippen LogP contribution in [0.4, 0.5) is 0 Å². The molecule has 1 aromatic heterocycles. The fourth-order valence-electron chi connectivity index (χ4n) is 3.37. The molecule has 2 aromatic rings. The zero-order valence-electron chi connectivity index (χ0n) is 12.7. The van der Waals surface area contributed by atoms with Crippen LogP contribution in [0.25, 0.3) is 10.2 Å². The number of benzene rings is 1. The monoisotopic (exact) mass is 339 g/mol. The van der Waals surface area contributed by atoms with E-state index in [4.69, 9.17) is 0 Å². The minimum atomic E-state index is 0. The van der Waals surface area contributed by atoms with Gasteiger partial charge in [0.15, 0.2) is 0 Å². The second-order valence-electron chi connectivity index (χ2n) is 6.28. The lowest BCUT2D eigenvalue weighted by atomic mass is 10.1. The quantitative estimate of drug-likeness (QED) is 0.929. The number of nitrogens with one attached hydrogen (secondary N) is 1. The van der Waals surface area contributed by atoms with Crippen LogP contribution < -0.4 is 10.2 Å². The average molecular weight is 340 g/mol. The maximum atomic E-state index is 11.8. The first-order chi connectivity index (χ1) is 10.2. The number of aromatic nitrogens is 1. The van der Waals surface area contributed by atoms with E-state index in [0.29, 0.717) is 6.04 Å². The summed E-state index contributed by atoms with van der Waals surface area (Å²) < 4.78 is 2.85. The summed E-state index contributed by atoms with van der Waals surface area (Å²) >= 11 is 1.35. The van der Waals surface area contributed by atoms with Gasteiger partial charge in [0, 0.05) is 32.2 Å². The average Bonchev–Trinajstić information content (AvgIpc) is 3.10. The molecular weight excluding hydrogens is 318 g/mol. The van der Waals surface area contributed by atoms with Crippen LogP contribution in [-0.2, 0) is 13.6 Å². The molecular formula is C16H22ClN3OS. The zero-order valence-corrected chi connectivity index (χ0v) is 14.4. The number of aryl methyl sites for hydroxylation is 1. The topological polar surface area (TPSA) is 37.3 Å². The van der Waals surface area contributed by atoms with Crippen LogP contribution in [0.3, 0.4) is 0 Å². The van der Waals surface area contributed by atoms with Gasteiger partial charge in [0.1, 0.15) is 0 Å². The van der Waals surface area contributed by atoms with Gasteiger partial charge >= 0.3 is 4.87 Å². The third-order valence-corrected chi connectivity index (χ3v) is 5.74. The van der Waals surface area contributed by atoms with Crippen LogP contribution in [0.5, 0.6) is 0 Å². The second kappa shape index (κ2) is 6.32. The summed E-state index contributed by atoms with van der Waals surface area (Å²) in [6.07, 6.45) is 3.95. The van der Waals surface area contributed by atoms with Gasteiger partial charge in [-0.25, -0.2) is 0 Å². The Bertz CT molecular complexity index is 716. The minimum absolute atomic E-state index is 0. The molecule has 22 heavy (non-hydrogen) atoms. The molecule has 0 radical (unpaired) electrons. The molecule has 0 spiro atoms. The molecule has 4 rings (SSSR count). The summed E-state index contributed by atoms with van der Waals surface area (Å²) in [5.41, 5.74) is 2.39. The molecule has 0 amide bonds. The van der Waals surface area contributed by atoms with Crippen LogP contribution >= 0.6 is 23.7 Å². The van der Waals surface area contributed by atoms with Gasteiger partial charge in [0.05, 0.1) is 10.2 Å². The van der Waals surface area contributed by atoms with Crippen molar-refractivity contribution in [2.24, 2.45) is 7.05 Å². The van der Waals surface area contributed by atoms with E-state index in [9.17, 15) is 4.79 Å². The number of hydrogen-bond donors (Lipinski definition) is 1. The lowest BCUT2D eigenvalue weighted by molar-refractivity contribution is 0.189. The molecule has 1 unspecified atom stereocenters. The highest BCUT2D eigenvalue weighted by atomic mass is 35.5. The van der Waals surface area contributed by atoms with Crippen molar-refractivity contribution in [2.45, 2.75) is 37.9 Å². The van der Waals surface area contributed by atoms with Crippen molar-refractivity contribution in [1.82, 2.24) is 14.8 Å². The Morgan fingerprint density at radius 3 is 2.82 bits per heavy atom. The fourth-order valence-corrected chi connectivity index (χ4v) is 4.32. The molecule has 1 N–H and O–H groups in total. The van der Waals surface area contributed by atoms with Gasteiger partial charge in [0.25, 0.3) is 0 Å². The third kappa shape index (κ3) is 2.95. The Kier molecular flexibility index (Phi) is 4.59. The smallest absolute Gasteiger partial charge is 0.307 e. The molecule has 6 heteroatoms. The Hall–Kier alpha value is -0.880. The summed E-state index contributed by atoms with van der Waals surface area (Å²) in [7, 11) is 1.85. The van der Waals surface area contributed by atoms with Crippen molar-refractivity contribution in [2.75, 3.05) is 13.1 Å². The predicted molar refractivity (Wildman–Crippen MR) is 94.2 cm³/mol. The number of rotatable bonds is 4. The lowest BCUT2D eigenvalue weighted by Crippen LogP contribution is -2.38. The van der Waals surface area contributed by atoms with Crippen molar-refractivity contribution >= 4 is 34.0 Å². The molecule has 2 fully saturated rings. The highest BCUT2D eigenvalue weighted by molar-refractivity contribution is 7.16. The van der Waals surface area contributed by atoms with Crippen LogP contribution in [0.1, 0.15) is 24.8 Å². The van der Waals surface area contributed by atoms with Gasteiger partial charge in [-0.15, -0.1) is 12.4 Å². The molecule has 1 saturated carbocycles. The van der Waals surface area contributed by atoms with Gasteiger partial charge in [-0.1, -0.05) is 17.4 Å². The summed E-state index contributed by atoms with van der Waals surface area (Å²) in [6.45, 7) is 3.29. The van der Waals surface area contributed by atoms with E-state index in [1.165, 1.54) is 36.2 Å². The summed E-state index contributed by atoms with van der Waals surface area (Å²) in [4.78, 5) is 14.6. The van der Waals surface area contributed by atoms with E-state index in [1.54, 1.807) is 4.57 Å². The van der Waals surface area contributed by atoms with Crippen LogP contribution in [0.15, 0.2) is 23.0 Å². The Morgan fingerprint density at radius 1 is 1.32 bits per heavy atom. The van der Waals surface area contributed by atoms with Crippen LogP contribution in [0, 0.1) is 0 Å². The molecule has 0 bridgehead atoms. The number of hydrogen-bond acceptors (Lipinski definition) is 4. The van der Waals surface area contributed by atoms with E-state index < -0.39 is 0 Å². The first-order valence-electron chi connectivity index (χ1n) is 7.77. The van der Waals surface area contributed by atoms with Gasteiger partial charge in [-0.2, -0.15) is 0 Å². The highest BCUT2D eigenvalue weighted by Gasteiger charge is 2.35. The maximum Gasteiger partial charge on any atom is 0.307 e. The zero-order chi connectivity index (χ0) is 14.4. The number of nitrogens with zero attached hydrogens (tertiary/aromatic N) is 2. The van der Waals surface area contributed by atoms with Crippen molar-refractivity contribution in [3.63, 3.8) is 0 Å². The molecule has 1 saturated heterocycles. The SMILES string of the molecule is Cl.Cn1c(=O)sc2cc(CN(C3CC3)C3CCNC3)ccc21. The summed E-state index contributed by atoms with van der Waals surface area (Å²) in [5.74, 6) is 0. The Morgan fingerprint density at radius 2 is 2.14 bits per heavy atom. The molecule has 2 heterocycles. The Balaban J connectivity index is 0.00000144. The van der Waals surface area contributed by atoms with Crippen LogP contribution in [0.2, 0.25) is 0 Å². The van der Waals surface area contributed by atoms with E-state index in [2.05, 4.69) is 28.4 Å². The summed E-state index contributed by atoms with van der Waals surface area (Å²) in [6, 6.07) is 7.95. The van der Waals surface area contributed by atoms with E-state index >= 15 is 0 Å². The third-order valence-electron chi connectivity index (χ3n) is 4.74. The Labute approximate surface area is 140 Å². The number of fused-ring (bicyclic) bond motifs is 1. The number of halogens is 1. The second-order valence-corrected chi connectivity index (χ2v) is 7.27. The highest BCUT2D eigenvalue weighted by Crippen LogP contribution is 2.32. The van der Waals surface area contributed by atoms with Gasteiger partial charge < -0.3 is 9.88 Å². The first-order valence-corrected chi connectivity index (χ1v) is 8.59. The normalized spacial score (nSPS) is 21.5. The first kappa shape index (κ1) is 16.0. The molecule has 120 valence electrons. The molecule has 1 aromatic carbocycles. The fraction of sp³-hybridized carbons (Fsp3) is 0.562. The van der Waals surface area contributed by atoms with Crippen molar-refractivity contribution < 1.29 is 0 Å². The standard InChI is InChI=1S/C16H21N3OS.ClH/c1-18-14-5-2-11(8-15(14)21-16(18)20)10-19(12-3-4-12)13-6-7-17-9-13;/h2,5,8,12-13,17H,3-4,6-7,9-10H2,1H3;1H. The van der Waals surface area contributed by atoms with Crippen molar-refractivity contribution in [1.29, 1.82) is 0 Å². The molecule has 2 aliphatic rings. The molecule has 1 aliphatic carbocycles. The number of thiazole rings is 1.